The predicted octanol–water partition coefficient (Wildman–Crippen LogP) is 3.28. The van der Waals surface area contributed by atoms with Gasteiger partial charge in [0.2, 0.25) is 0 Å². The first kappa shape index (κ1) is 16.2. The molecule has 0 aromatic heterocycles. The Bertz CT molecular complexity index is 679. The van der Waals surface area contributed by atoms with Crippen LogP contribution in [0, 0.1) is 0 Å². The molecular formula is C20H22N2O2. The second-order valence-electron chi connectivity index (χ2n) is 6.17. The van der Waals surface area contributed by atoms with E-state index in [1.54, 1.807) is 4.90 Å². The molecule has 124 valence electrons. The van der Waals surface area contributed by atoms with Gasteiger partial charge in [0.1, 0.15) is 0 Å². The molecule has 2 aromatic carbocycles. The van der Waals surface area contributed by atoms with Crippen molar-refractivity contribution in [3.05, 3.63) is 66.2 Å². The van der Waals surface area contributed by atoms with Crippen molar-refractivity contribution >= 4 is 17.5 Å². The highest BCUT2D eigenvalue weighted by molar-refractivity contribution is 6.40. The highest BCUT2D eigenvalue weighted by Gasteiger charge is 2.26. The summed E-state index contributed by atoms with van der Waals surface area (Å²) in [5.41, 5.74) is 1.72. The molecule has 0 unspecified atom stereocenters. The minimum atomic E-state index is -0.512. The van der Waals surface area contributed by atoms with Gasteiger partial charge < -0.3 is 5.32 Å². The molecular weight excluding hydrogens is 300 g/mol. The predicted molar refractivity (Wildman–Crippen MR) is 94.5 cm³/mol. The average Bonchev–Trinajstić information content (AvgIpc) is 3.14. The van der Waals surface area contributed by atoms with Gasteiger partial charge in [-0.25, -0.2) is 0 Å². The molecule has 2 aromatic rings. The third-order valence-electron chi connectivity index (χ3n) is 4.38. The fourth-order valence-corrected chi connectivity index (χ4v) is 3.09. The Hall–Kier alpha value is -2.62. The van der Waals surface area contributed by atoms with E-state index in [0.717, 1.165) is 36.9 Å². The fraction of sp³-hybridized carbons (Fsp3) is 0.300. The van der Waals surface area contributed by atoms with Gasteiger partial charge in [0.05, 0.1) is 6.54 Å². The van der Waals surface area contributed by atoms with E-state index in [1.807, 2.05) is 60.7 Å². The zero-order chi connectivity index (χ0) is 16.8. The summed E-state index contributed by atoms with van der Waals surface area (Å²) in [6.45, 7) is 0.377. The molecule has 1 N–H and O–H groups in total. The Morgan fingerprint density at radius 1 is 0.917 bits per heavy atom. The Balaban J connectivity index is 1.78. The molecule has 1 aliphatic rings. The molecule has 0 spiro atoms. The van der Waals surface area contributed by atoms with Crippen LogP contribution in [-0.4, -0.2) is 17.9 Å². The first-order valence-corrected chi connectivity index (χ1v) is 8.45. The van der Waals surface area contributed by atoms with Gasteiger partial charge in [-0.1, -0.05) is 61.4 Å². The van der Waals surface area contributed by atoms with Crippen LogP contribution in [0.5, 0.6) is 0 Å². The summed E-state index contributed by atoms with van der Waals surface area (Å²) in [7, 11) is 0. The number of carbonyl (C=O) groups excluding carboxylic acids is 2. The number of benzene rings is 2. The number of para-hydroxylation sites is 1. The Morgan fingerprint density at radius 3 is 2.12 bits per heavy atom. The van der Waals surface area contributed by atoms with Crippen molar-refractivity contribution in [1.82, 2.24) is 5.32 Å². The van der Waals surface area contributed by atoms with E-state index in [1.165, 1.54) is 0 Å². The van der Waals surface area contributed by atoms with E-state index in [0.29, 0.717) is 6.54 Å². The first-order valence-electron chi connectivity index (χ1n) is 8.45. The molecule has 0 saturated heterocycles. The van der Waals surface area contributed by atoms with Crippen molar-refractivity contribution in [3.63, 3.8) is 0 Å². The maximum Gasteiger partial charge on any atom is 0.316 e. The van der Waals surface area contributed by atoms with E-state index >= 15 is 0 Å². The highest BCUT2D eigenvalue weighted by Crippen LogP contribution is 2.19. The first-order chi connectivity index (χ1) is 11.7. The molecule has 2 amide bonds. The summed E-state index contributed by atoms with van der Waals surface area (Å²) in [5.74, 6) is -1.02. The minimum Gasteiger partial charge on any atom is -0.345 e. The highest BCUT2D eigenvalue weighted by atomic mass is 16.2. The van der Waals surface area contributed by atoms with E-state index in [4.69, 9.17) is 0 Å². The van der Waals surface area contributed by atoms with Crippen molar-refractivity contribution in [2.24, 2.45) is 0 Å². The van der Waals surface area contributed by atoms with Crippen LogP contribution >= 0.6 is 0 Å². The van der Waals surface area contributed by atoms with Crippen molar-refractivity contribution < 1.29 is 9.59 Å². The lowest BCUT2D eigenvalue weighted by Crippen LogP contribution is -2.45. The standard InChI is InChI=1S/C20H22N2O2/c23-19(21-17-11-7-8-12-17)20(24)22(18-13-5-2-6-14-18)15-16-9-3-1-4-10-16/h1-6,9-10,13-14,17H,7-8,11-12,15H2,(H,21,23). The van der Waals surface area contributed by atoms with Gasteiger partial charge in [0.25, 0.3) is 0 Å². The summed E-state index contributed by atoms with van der Waals surface area (Å²) in [6, 6.07) is 19.2. The fourth-order valence-electron chi connectivity index (χ4n) is 3.09. The number of rotatable bonds is 4. The molecule has 1 fully saturated rings. The maximum absolute atomic E-state index is 12.7. The smallest absolute Gasteiger partial charge is 0.316 e. The number of nitrogens with zero attached hydrogens (tertiary/aromatic N) is 1. The summed E-state index contributed by atoms with van der Waals surface area (Å²) in [4.78, 5) is 26.7. The van der Waals surface area contributed by atoms with Crippen molar-refractivity contribution in [3.8, 4) is 0 Å². The van der Waals surface area contributed by atoms with Crippen molar-refractivity contribution in [1.29, 1.82) is 0 Å². The van der Waals surface area contributed by atoms with Crippen LogP contribution in [0.3, 0.4) is 0 Å². The Morgan fingerprint density at radius 2 is 1.50 bits per heavy atom. The zero-order valence-electron chi connectivity index (χ0n) is 13.7. The molecule has 3 rings (SSSR count). The van der Waals surface area contributed by atoms with E-state index in [2.05, 4.69) is 5.32 Å². The largest absolute Gasteiger partial charge is 0.345 e. The number of hydrogen-bond acceptors (Lipinski definition) is 2. The molecule has 4 heteroatoms. The maximum atomic E-state index is 12.7. The third-order valence-corrected chi connectivity index (χ3v) is 4.38. The Labute approximate surface area is 142 Å². The monoisotopic (exact) mass is 322 g/mol. The van der Waals surface area contributed by atoms with Gasteiger partial charge in [-0.2, -0.15) is 0 Å². The number of nitrogens with one attached hydrogen (secondary N) is 1. The number of anilines is 1. The summed E-state index contributed by atoms with van der Waals surface area (Å²) < 4.78 is 0. The number of hydrogen-bond donors (Lipinski definition) is 1. The molecule has 0 atom stereocenters. The summed E-state index contributed by atoms with van der Waals surface area (Å²) >= 11 is 0. The van der Waals surface area contributed by atoms with E-state index < -0.39 is 11.8 Å². The topological polar surface area (TPSA) is 49.4 Å². The molecule has 0 aliphatic heterocycles. The summed E-state index contributed by atoms with van der Waals surface area (Å²) in [6.07, 6.45) is 4.16. The van der Waals surface area contributed by atoms with Crippen LogP contribution < -0.4 is 10.2 Å². The molecule has 1 aliphatic carbocycles. The van der Waals surface area contributed by atoms with Crippen LogP contribution in [0.1, 0.15) is 31.2 Å². The van der Waals surface area contributed by atoms with Crippen LogP contribution in [0.4, 0.5) is 5.69 Å². The van der Waals surface area contributed by atoms with Crippen LogP contribution in [0.25, 0.3) is 0 Å². The van der Waals surface area contributed by atoms with Gasteiger partial charge in [-0.3, -0.25) is 14.5 Å². The SMILES string of the molecule is O=C(NC1CCCC1)C(=O)N(Cc1ccccc1)c1ccccc1. The zero-order valence-corrected chi connectivity index (χ0v) is 13.7. The molecule has 0 radical (unpaired) electrons. The van der Waals surface area contributed by atoms with E-state index in [9.17, 15) is 9.59 Å². The average molecular weight is 322 g/mol. The van der Waals surface area contributed by atoms with Gasteiger partial charge in [0.15, 0.2) is 0 Å². The number of carbonyl (C=O) groups is 2. The third kappa shape index (κ3) is 4.02. The van der Waals surface area contributed by atoms with Crippen molar-refractivity contribution in [2.45, 2.75) is 38.3 Å². The normalized spacial score (nSPS) is 14.3. The lowest BCUT2D eigenvalue weighted by Gasteiger charge is -2.23. The molecule has 4 nitrogen and oxygen atoms in total. The van der Waals surface area contributed by atoms with Crippen LogP contribution in [0.15, 0.2) is 60.7 Å². The second kappa shape index (κ2) is 7.77. The molecule has 0 bridgehead atoms. The van der Waals surface area contributed by atoms with Crippen LogP contribution in [0.2, 0.25) is 0 Å². The van der Waals surface area contributed by atoms with E-state index in [-0.39, 0.29) is 6.04 Å². The summed E-state index contributed by atoms with van der Waals surface area (Å²) in [5, 5.41) is 2.88. The Kier molecular flexibility index (Phi) is 5.26. The van der Waals surface area contributed by atoms with Gasteiger partial charge in [-0.15, -0.1) is 0 Å². The van der Waals surface area contributed by atoms with Crippen LogP contribution in [-0.2, 0) is 16.1 Å². The van der Waals surface area contributed by atoms with Gasteiger partial charge in [0, 0.05) is 11.7 Å². The quantitative estimate of drug-likeness (QED) is 0.878. The second-order valence-corrected chi connectivity index (χ2v) is 6.17. The molecule has 24 heavy (non-hydrogen) atoms. The number of amides is 2. The lowest BCUT2D eigenvalue weighted by molar-refractivity contribution is -0.138. The lowest BCUT2D eigenvalue weighted by atomic mass is 10.2. The molecule has 1 saturated carbocycles. The molecule has 0 heterocycles. The minimum absolute atomic E-state index is 0.135. The van der Waals surface area contributed by atoms with Gasteiger partial charge >= 0.3 is 11.8 Å². The van der Waals surface area contributed by atoms with Crippen molar-refractivity contribution in [2.75, 3.05) is 4.90 Å². The van der Waals surface area contributed by atoms with Gasteiger partial charge in [-0.05, 0) is 30.5 Å².